The van der Waals surface area contributed by atoms with E-state index in [-0.39, 0.29) is 5.91 Å². The number of carbonyl (C=O) groups is 1. The van der Waals surface area contributed by atoms with E-state index < -0.39 is 6.10 Å². The minimum atomic E-state index is -0.643. The standard InChI is InChI=1S/C12H14N4O3/c1-9(12(17)15-16-7-13-14-8-16)19-11-5-3-10(18-2)4-6-11/h3-9H,1-2H3,(H,15,17)/t9-/m1/s1. The van der Waals surface area contributed by atoms with E-state index in [2.05, 4.69) is 15.6 Å². The first-order chi connectivity index (χ1) is 9.19. The van der Waals surface area contributed by atoms with Crippen LogP contribution in [0.5, 0.6) is 11.5 Å². The lowest BCUT2D eigenvalue weighted by Crippen LogP contribution is -2.34. The van der Waals surface area contributed by atoms with Crippen LogP contribution in [0.1, 0.15) is 6.92 Å². The molecule has 0 saturated carbocycles. The van der Waals surface area contributed by atoms with Crippen LogP contribution in [-0.2, 0) is 4.79 Å². The zero-order valence-electron chi connectivity index (χ0n) is 10.6. The molecule has 1 heterocycles. The number of benzene rings is 1. The van der Waals surface area contributed by atoms with Gasteiger partial charge in [-0.15, -0.1) is 10.2 Å². The van der Waals surface area contributed by atoms with Crippen molar-refractivity contribution in [1.29, 1.82) is 0 Å². The Kier molecular flexibility index (Phi) is 3.97. The van der Waals surface area contributed by atoms with Gasteiger partial charge < -0.3 is 9.47 Å². The van der Waals surface area contributed by atoms with Crippen molar-refractivity contribution in [1.82, 2.24) is 14.9 Å². The predicted octanol–water partition coefficient (Wildman–Crippen LogP) is 0.824. The molecule has 1 aromatic heterocycles. The summed E-state index contributed by atoms with van der Waals surface area (Å²) in [5.74, 6) is 1.02. The van der Waals surface area contributed by atoms with Gasteiger partial charge in [0.05, 0.1) is 7.11 Å². The van der Waals surface area contributed by atoms with Crippen molar-refractivity contribution in [3.8, 4) is 11.5 Å². The summed E-state index contributed by atoms with van der Waals surface area (Å²) in [6.45, 7) is 1.66. The van der Waals surface area contributed by atoms with Crippen LogP contribution in [0.2, 0.25) is 0 Å². The molecule has 100 valence electrons. The smallest absolute Gasteiger partial charge is 0.279 e. The third-order valence-electron chi connectivity index (χ3n) is 2.40. The second-order valence-corrected chi connectivity index (χ2v) is 3.78. The summed E-state index contributed by atoms with van der Waals surface area (Å²) in [6.07, 6.45) is 2.13. The summed E-state index contributed by atoms with van der Waals surface area (Å²) in [5.41, 5.74) is 2.57. The largest absolute Gasteiger partial charge is 0.497 e. The van der Waals surface area contributed by atoms with E-state index in [0.717, 1.165) is 5.75 Å². The minimum Gasteiger partial charge on any atom is -0.497 e. The second kappa shape index (κ2) is 5.85. The van der Waals surface area contributed by atoms with E-state index in [9.17, 15) is 4.79 Å². The Morgan fingerprint density at radius 2 is 1.79 bits per heavy atom. The van der Waals surface area contributed by atoms with Crippen LogP contribution in [0.25, 0.3) is 0 Å². The van der Waals surface area contributed by atoms with Crippen molar-refractivity contribution in [3.05, 3.63) is 36.9 Å². The van der Waals surface area contributed by atoms with Gasteiger partial charge in [0, 0.05) is 0 Å². The van der Waals surface area contributed by atoms with Crippen LogP contribution in [0.3, 0.4) is 0 Å². The van der Waals surface area contributed by atoms with E-state index in [4.69, 9.17) is 9.47 Å². The number of hydrogen-bond acceptors (Lipinski definition) is 5. The summed E-state index contributed by atoms with van der Waals surface area (Å²) in [7, 11) is 1.59. The normalized spacial score (nSPS) is 11.7. The Morgan fingerprint density at radius 1 is 1.21 bits per heavy atom. The van der Waals surface area contributed by atoms with E-state index in [1.165, 1.54) is 17.3 Å². The Bertz CT molecular complexity index is 524. The molecule has 0 unspecified atom stereocenters. The molecule has 19 heavy (non-hydrogen) atoms. The average molecular weight is 262 g/mol. The van der Waals surface area contributed by atoms with Crippen LogP contribution in [0, 0.1) is 0 Å². The fourth-order valence-electron chi connectivity index (χ4n) is 1.39. The van der Waals surface area contributed by atoms with E-state index in [1.54, 1.807) is 38.3 Å². The molecule has 1 amide bonds. The topological polar surface area (TPSA) is 78.3 Å². The molecule has 1 N–H and O–H groups in total. The van der Waals surface area contributed by atoms with E-state index in [0.29, 0.717) is 5.75 Å². The number of carbonyl (C=O) groups excluding carboxylic acids is 1. The number of ether oxygens (including phenoxy) is 2. The SMILES string of the molecule is COc1ccc(O[C@H](C)C(=O)Nn2cnnc2)cc1. The highest BCUT2D eigenvalue weighted by molar-refractivity contribution is 5.87. The molecule has 0 saturated heterocycles. The van der Waals surface area contributed by atoms with Crippen LogP contribution >= 0.6 is 0 Å². The first-order valence-electron chi connectivity index (χ1n) is 5.65. The molecule has 0 aliphatic heterocycles. The molecule has 1 aromatic carbocycles. The lowest BCUT2D eigenvalue weighted by molar-refractivity contribution is -0.123. The molecule has 0 spiro atoms. The van der Waals surface area contributed by atoms with Gasteiger partial charge in [0.15, 0.2) is 6.10 Å². The van der Waals surface area contributed by atoms with Crippen LogP contribution < -0.4 is 14.9 Å². The quantitative estimate of drug-likeness (QED) is 0.863. The van der Waals surface area contributed by atoms with E-state index >= 15 is 0 Å². The number of rotatable bonds is 5. The Balaban J connectivity index is 1.92. The molecular formula is C12H14N4O3. The van der Waals surface area contributed by atoms with Crippen LogP contribution in [0.15, 0.2) is 36.9 Å². The van der Waals surface area contributed by atoms with Crippen molar-refractivity contribution in [2.24, 2.45) is 0 Å². The maximum atomic E-state index is 11.8. The molecular weight excluding hydrogens is 248 g/mol. The third-order valence-corrected chi connectivity index (χ3v) is 2.40. The minimum absolute atomic E-state index is 0.296. The van der Waals surface area contributed by atoms with Gasteiger partial charge in [-0.25, -0.2) is 4.68 Å². The van der Waals surface area contributed by atoms with Crippen molar-refractivity contribution < 1.29 is 14.3 Å². The zero-order valence-corrected chi connectivity index (χ0v) is 10.6. The van der Waals surface area contributed by atoms with Gasteiger partial charge in [0.2, 0.25) is 0 Å². The maximum Gasteiger partial charge on any atom is 0.279 e. The van der Waals surface area contributed by atoms with Gasteiger partial charge in [-0.1, -0.05) is 0 Å². The van der Waals surface area contributed by atoms with Crippen LogP contribution in [0.4, 0.5) is 0 Å². The first kappa shape index (κ1) is 12.9. The number of hydrogen-bond donors (Lipinski definition) is 1. The Morgan fingerprint density at radius 3 is 2.37 bits per heavy atom. The lowest BCUT2D eigenvalue weighted by atomic mass is 10.3. The number of nitrogens with zero attached hydrogens (tertiary/aromatic N) is 3. The summed E-state index contributed by atoms with van der Waals surface area (Å²) in [6, 6.07) is 7.00. The van der Waals surface area contributed by atoms with E-state index in [1.807, 2.05) is 0 Å². The number of methoxy groups -OCH3 is 1. The molecule has 0 bridgehead atoms. The predicted molar refractivity (Wildman–Crippen MR) is 67.5 cm³/mol. The molecule has 1 atom stereocenters. The summed E-state index contributed by atoms with van der Waals surface area (Å²) in [5, 5.41) is 7.16. The van der Waals surface area contributed by atoms with Crippen molar-refractivity contribution >= 4 is 5.91 Å². The Hall–Kier alpha value is -2.57. The van der Waals surface area contributed by atoms with Gasteiger partial charge in [0.25, 0.3) is 5.91 Å². The number of amides is 1. The first-order valence-corrected chi connectivity index (χ1v) is 5.65. The average Bonchev–Trinajstić information content (AvgIpc) is 2.92. The Labute approximate surface area is 110 Å². The molecule has 7 heteroatoms. The molecule has 2 rings (SSSR count). The monoisotopic (exact) mass is 262 g/mol. The zero-order chi connectivity index (χ0) is 13.7. The fourth-order valence-corrected chi connectivity index (χ4v) is 1.39. The van der Waals surface area contributed by atoms with Crippen molar-refractivity contribution in [2.45, 2.75) is 13.0 Å². The molecule has 2 aromatic rings. The maximum absolute atomic E-state index is 11.8. The number of nitrogens with one attached hydrogen (secondary N) is 1. The van der Waals surface area contributed by atoms with Crippen LogP contribution in [-0.4, -0.2) is 34.0 Å². The lowest BCUT2D eigenvalue weighted by Gasteiger charge is -2.14. The highest BCUT2D eigenvalue weighted by atomic mass is 16.5. The molecule has 0 radical (unpaired) electrons. The van der Waals surface area contributed by atoms with Gasteiger partial charge in [-0.2, -0.15) is 0 Å². The fraction of sp³-hybridized carbons (Fsp3) is 0.250. The molecule has 7 nitrogen and oxygen atoms in total. The summed E-state index contributed by atoms with van der Waals surface area (Å²) < 4.78 is 11.9. The van der Waals surface area contributed by atoms with Crippen molar-refractivity contribution in [2.75, 3.05) is 12.5 Å². The number of aromatic nitrogens is 3. The van der Waals surface area contributed by atoms with Crippen molar-refractivity contribution in [3.63, 3.8) is 0 Å². The molecule has 0 aliphatic carbocycles. The highest BCUT2D eigenvalue weighted by Gasteiger charge is 2.14. The second-order valence-electron chi connectivity index (χ2n) is 3.78. The molecule has 0 fully saturated rings. The highest BCUT2D eigenvalue weighted by Crippen LogP contribution is 2.18. The summed E-state index contributed by atoms with van der Waals surface area (Å²) >= 11 is 0. The van der Waals surface area contributed by atoms with Gasteiger partial charge in [-0.05, 0) is 31.2 Å². The third kappa shape index (κ3) is 3.44. The summed E-state index contributed by atoms with van der Waals surface area (Å²) in [4.78, 5) is 11.8. The van der Waals surface area contributed by atoms with Gasteiger partial charge in [0.1, 0.15) is 24.2 Å². The van der Waals surface area contributed by atoms with Gasteiger partial charge in [-0.3, -0.25) is 10.2 Å². The van der Waals surface area contributed by atoms with Gasteiger partial charge >= 0.3 is 0 Å². The molecule has 0 aliphatic rings.